The van der Waals surface area contributed by atoms with Gasteiger partial charge in [-0.05, 0) is 25.7 Å². The lowest BCUT2D eigenvalue weighted by Gasteiger charge is -2.39. The van der Waals surface area contributed by atoms with Crippen molar-refractivity contribution >= 4 is 17.6 Å². The van der Waals surface area contributed by atoms with E-state index in [0.717, 1.165) is 77.2 Å². The Morgan fingerprint density at radius 2 is 0.871 bits per heavy atom. The molecular weight excluding hydrogens is 428 g/mol. The summed E-state index contributed by atoms with van der Waals surface area (Å²) in [5.74, 6) is 0. The van der Waals surface area contributed by atoms with Crippen LogP contribution in [0.15, 0.2) is 0 Å². The summed E-state index contributed by atoms with van der Waals surface area (Å²) >= 11 is 0. The van der Waals surface area contributed by atoms with E-state index in [1.165, 1.54) is 0 Å². The maximum Gasteiger partial charge on any atom is 0.506 e. The molecule has 0 spiro atoms. The van der Waals surface area contributed by atoms with Crippen LogP contribution in [0, 0.1) is 0 Å². The van der Waals surface area contributed by atoms with Crippen LogP contribution in [0.2, 0.25) is 11.1 Å². The van der Waals surface area contributed by atoms with Gasteiger partial charge in [-0.25, -0.2) is 0 Å². The van der Waals surface area contributed by atoms with Crippen molar-refractivity contribution in [1.29, 1.82) is 0 Å². The fourth-order valence-corrected chi connectivity index (χ4v) is 7.46. The van der Waals surface area contributed by atoms with Gasteiger partial charge >= 0.3 is 17.6 Å². The van der Waals surface area contributed by atoms with E-state index in [9.17, 15) is 0 Å². The lowest BCUT2D eigenvalue weighted by atomic mass is 10.3. The quantitative estimate of drug-likeness (QED) is 0.157. The molecular formula is C23H54O6Si2. The second-order valence-electron chi connectivity index (χ2n) is 8.81. The minimum Gasteiger partial charge on any atom is -0.377 e. The summed E-state index contributed by atoms with van der Waals surface area (Å²) in [4.78, 5) is 0. The van der Waals surface area contributed by atoms with Crippen molar-refractivity contribution in [3.8, 4) is 0 Å². The molecule has 0 saturated carbocycles. The van der Waals surface area contributed by atoms with Crippen molar-refractivity contribution in [3.05, 3.63) is 0 Å². The van der Waals surface area contributed by atoms with E-state index in [2.05, 4.69) is 48.5 Å². The summed E-state index contributed by atoms with van der Waals surface area (Å²) in [6.07, 6.45) is 8.86. The predicted molar refractivity (Wildman–Crippen MR) is 135 cm³/mol. The van der Waals surface area contributed by atoms with Crippen LogP contribution in [-0.2, 0) is 26.6 Å². The molecule has 0 atom stereocenters. The largest absolute Gasteiger partial charge is 0.506 e. The van der Waals surface area contributed by atoms with Gasteiger partial charge in [-0.15, -0.1) is 0 Å². The Labute approximate surface area is 196 Å². The molecule has 0 N–H and O–H groups in total. The van der Waals surface area contributed by atoms with Crippen molar-refractivity contribution in [2.45, 2.75) is 111 Å². The molecule has 31 heavy (non-hydrogen) atoms. The highest BCUT2D eigenvalue weighted by molar-refractivity contribution is 6.64. The lowest BCUT2D eigenvalue weighted by Crippen LogP contribution is -2.54. The van der Waals surface area contributed by atoms with Crippen LogP contribution in [0.4, 0.5) is 0 Å². The minimum absolute atomic E-state index is 0.0672. The average Bonchev–Trinajstić information content (AvgIpc) is 2.75. The number of hydrogen-bond donors (Lipinski definition) is 0. The molecule has 0 heterocycles. The first kappa shape index (κ1) is 33.4. The molecule has 0 radical (unpaired) electrons. The molecule has 8 heteroatoms. The van der Waals surface area contributed by atoms with Crippen LogP contribution < -0.4 is 0 Å². The molecule has 0 aromatic rings. The van der Waals surface area contributed by atoms with Crippen LogP contribution in [0.25, 0.3) is 0 Å². The SMILES string of the molecule is CCCCO[Si](OCCCC)(OCCCC)C(C)(C)C.CCCC[Si](OC)(OC)OC. The fraction of sp³-hybridized carbons (Fsp3) is 1.00. The van der Waals surface area contributed by atoms with Crippen LogP contribution >= 0.6 is 0 Å². The van der Waals surface area contributed by atoms with E-state index < -0.39 is 17.6 Å². The molecule has 0 unspecified atom stereocenters. The Morgan fingerprint density at radius 3 is 1.10 bits per heavy atom. The zero-order valence-electron chi connectivity index (χ0n) is 22.4. The Kier molecular flexibility index (Phi) is 21.1. The summed E-state index contributed by atoms with van der Waals surface area (Å²) in [5, 5.41) is -0.0672. The average molecular weight is 483 g/mol. The molecule has 0 bridgehead atoms. The monoisotopic (exact) mass is 482 g/mol. The van der Waals surface area contributed by atoms with Crippen LogP contribution in [0.3, 0.4) is 0 Å². The summed E-state index contributed by atoms with van der Waals surface area (Å²) in [6.45, 7) is 17.5. The Morgan fingerprint density at radius 1 is 0.548 bits per heavy atom. The molecule has 6 nitrogen and oxygen atoms in total. The number of unbranched alkanes of at least 4 members (excludes halogenated alkanes) is 4. The van der Waals surface area contributed by atoms with E-state index in [-0.39, 0.29) is 5.04 Å². The Bertz CT molecular complexity index is 352. The van der Waals surface area contributed by atoms with Crippen molar-refractivity contribution in [3.63, 3.8) is 0 Å². The molecule has 0 aliphatic heterocycles. The molecule has 190 valence electrons. The minimum atomic E-state index is -2.61. The molecule has 0 aromatic carbocycles. The normalized spacial score (nSPS) is 12.6. The van der Waals surface area contributed by atoms with Crippen LogP contribution in [0.1, 0.15) is 99.8 Å². The van der Waals surface area contributed by atoms with Gasteiger partial charge in [-0.1, -0.05) is 74.1 Å². The molecule has 0 saturated heterocycles. The molecule has 0 amide bonds. The van der Waals surface area contributed by atoms with Gasteiger partial charge < -0.3 is 26.6 Å². The Balaban J connectivity index is 0. The topological polar surface area (TPSA) is 55.4 Å². The smallest absolute Gasteiger partial charge is 0.377 e. The molecule has 0 aromatic heterocycles. The van der Waals surface area contributed by atoms with E-state index in [1.807, 2.05) is 0 Å². The van der Waals surface area contributed by atoms with E-state index >= 15 is 0 Å². The molecule has 0 fully saturated rings. The van der Waals surface area contributed by atoms with Gasteiger partial charge in [-0.2, -0.15) is 0 Å². The maximum atomic E-state index is 6.22. The third-order valence-electron chi connectivity index (χ3n) is 5.06. The summed E-state index contributed by atoms with van der Waals surface area (Å²) in [7, 11) is 0.0959. The van der Waals surface area contributed by atoms with Gasteiger partial charge in [0, 0.05) is 52.2 Å². The third kappa shape index (κ3) is 14.1. The molecule has 0 aliphatic carbocycles. The highest BCUT2D eigenvalue weighted by Crippen LogP contribution is 2.39. The van der Waals surface area contributed by atoms with E-state index in [4.69, 9.17) is 26.6 Å². The number of hydrogen-bond acceptors (Lipinski definition) is 6. The first-order valence-corrected chi connectivity index (χ1v) is 15.9. The number of rotatable bonds is 18. The first-order valence-electron chi connectivity index (χ1n) is 12.2. The third-order valence-corrected chi connectivity index (χ3v) is 11.5. The van der Waals surface area contributed by atoms with E-state index in [1.54, 1.807) is 21.3 Å². The van der Waals surface area contributed by atoms with Gasteiger partial charge in [0.05, 0.1) is 0 Å². The molecule has 0 rings (SSSR count). The van der Waals surface area contributed by atoms with Crippen molar-refractivity contribution < 1.29 is 26.6 Å². The standard InChI is InChI=1S/C16H36O3Si.C7H18O3Si/c1-7-10-13-17-20(16(4,5)6,18-14-11-8-2)19-15-12-9-3;1-5-6-7-11(8-2,9-3)10-4/h7-15H2,1-6H3;5-7H2,1-4H3. The maximum absolute atomic E-state index is 6.22. The summed E-state index contributed by atoms with van der Waals surface area (Å²) < 4.78 is 34.4. The fourth-order valence-electron chi connectivity index (χ4n) is 2.78. The van der Waals surface area contributed by atoms with Gasteiger partial charge in [0.25, 0.3) is 0 Å². The summed E-state index contributed by atoms with van der Waals surface area (Å²) in [6, 6.07) is 0.910. The van der Waals surface area contributed by atoms with Crippen molar-refractivity contribution in [2.24, 2.45) is 0 Å². The first-order chi connectivity index (χ1) is 14.7. The lowest BCUT2D eigenvalue weighted by molar-refractivity contribution is 0.0372. The second-order valence-corrected chi connectivity index (χ2v) is 15.4. The molecule has 0 aliphatic rings. The Hall–Kier alpha value is 0.194. The highest BCUT2D eigenvalue weighted by atomic mass is 28.4. The second kappa shape index (κ2) is 19.6. The van der Waals surface area contributed by atoms with Gasteiger partial charge in [0.2, 0.25) is 0 Å². The van der Waals surface area contributed by atoms with Crippen LogP contribution in [-0.4, -0.2) is 58.8 Å². The zero-order chi connectivity index (χ0) is 24.2. The van der Waals surface area contributed by atoms with Gasteiger partial charge in [0.15, 0.2) is 0 Å². The van der Waals surface area contributed by atoms with Gasteiger partial charge in [0.1, 0.15) is 0 Å². The van der Waals surface area contributed by atoms with E-state index in [0.29, 0.717) is 0 Å². The van der Waals surface area contributed by atoms with Crippen molar-refractivity contribution in [2.75, 3.05) is 41.2 Å². The van der Waals surface area contributed by atoms with Gasteiger partial charge in [-0.3, -0.25) is 0 Å². The van der Waals surface area contributed by atoms with Crippen LogP contribution in [0.5, 0.6) is 0 Å². The van der Waals surface area contributed by atoms with Crippen molar-refractivity contribution in [1.82, 2.24) is 0 Å². The summed E-state index contributed by atoms with van der Waals surface area (Å²) in [5.41, 5.74) is 0. The predicted octanol–water partition coefficient (Wildman–Crippen LogP) is 6.84. The zero-order valence-corrected chi connectivity index (χ0v) is 24.4. The highest BCUT2D eigenvalue weighted by Gasteiger charge is 2.53.